The van der Waals surface area contributed by atoms with Crippen LogP contribution in [0.15, 0.2) is 18.2 Å². The van der Waals surface area contributed by atoms with Gasteiger partial charge in [-0.3, -0.25) is 0 Å². The zero-order chi connectivity index (χ0) is 18.5. The van der Waals surface area contributed by atoms with E-state index in [1.807, 2.05) is 0 Å². The number of rotatable bonds is 8. The number of hydrogen-bond acceptors (Lipinski definition) is 5. The Morgan fingerprint density at radius 2 is 1.62 bits per heavy atom. The maximum atomic E-state index is 9.10. The van der Waals surface area contributed by atoms with E-state index in [9.17, 15) is 0 Å². The van der Waals surface area contributed by atoms with Gasteiger partial charge in [0.25, 0.3) is 0 Å². The summed E-state index contributed by atoms with van der Waals surface area (Å²) in [6.07, 6.45) is 0. The Hall–Kier alpha value is -1.54. The van der Waals surface area contributed by atoms with Crippen LogP contribution >= 0.6 is 23.2 Å². The predicted molar refractivity (Wildman–Crippen MR) is 91.2 cm³/mol. The highest BCUT2D eigenvalue weighted by Gasteiger charge is 2.06. The van der Waals surface area contributed by atoms with Gasteiger partial charge in [0.15, 0.2) is 5.75 Å². The predicted octanol–water partition coefficient (Wildman–Crippen LogP) is 2.54. The van der Waals surface area contributed by atoms with Crippen LogP contribution in [0.25, 0.3) is 0 Å². The first-order chi connectivity index (χ1) is 11.3. The number of ether oxygens (including phenoxy) is 2. The van der Waals surface area contributed by atoms with Gasteiger partial charge >= 0.3 is 11.9 Å². The molecule has 0 unspecified atom stereocenters. The summed E-state index contributed by atoms with van der Waals surface area (Å²) in [5.41, 5.74) is 0. The van der Waals surface area contributed by atoms with Crippen molar-refractivity contribution in [2.75, 3.05) is 26.4 Å². The lowest BCUT2D eigenvalue weighted by Crippen LogP contribution is -2.27. The van der Waals surface area contributed by atoms with E-state index < -0.39 is 11.9 Å². The second kappa shape index (κ2) is 12.8. The van der Waals surface area contributed by atoms with Gasteiger partial charge in [-0.2, -0.15) is 0 Å². The van der Waals surface area contributed by atoms with Crippen molar-refractivity contribution in [3.63, 3.8) is 0 Å². The van der Waals surface area contributed by atoms with Crippen LogP contribution in [-0.2, 0) is 14.3 Å². The number of halogens is 2. The molecular weight excluding hydrogens is 361 g/mol. The van der Waals surface area contributed by atoms with Crippen LogP contribution in [0, 0.1) is 0 Å². The van der Waals surface area contributed by atoms with E-state index >= 15 is 0 Å². The molecule has 0 aliphatic heterocycles. The SMILES string of the molecule is CC(C)NCCOCCOc1c(Cl)cccc1Cl.O=C(O)C(=O)O. The molecule has 1 rings (SSSR count). The maximum Gasteiger partial charge on any atom is 0.414 e. The summed E-state index contributed by atoms with van der Waals surface area (Å²) in [7, 11) is 0. The van der Waals surface area contributed by atoms with E-state index in [1.54, 1.807) is 18.2 Å². The first-order valence-corrected chi connectivity index (χ1v) is 7.85. The number of para-hydroxylation sites is 1. The van der Waals surface area contributed by atoms with Gasteiger partial charge in [0, 0.05) is 12.6 Å². The van der Waals surface area contributed by atoms with Gasteiger partial charge in [0.2, 0.25) is 0 Å². The van der Waals surface area contributed by atoms with Crippen molar-refractivity contribution in [3.05, 3.63) is 28.2 Å². The van der Waals surface area contributed by atoms with E-state index in [2.05, 4.69) is 19.2 Å². The average molecular weight is 382 g/mol. The molecule has 3 N–H and O–H groups in total. The second-order valence-corrected chi connectivity index (χ2v) is 5.55. The minimum atomic E-state index is -1.82. The second-order valence-electron chi connectivity index (χ2n) is 4.73. The molecule has 9 heteroatoms. The number of hydrogen-bond donors (Lipinski definition) is 3. The van der Waals surface area contributed by atoms with Gasteiger partial charge in [0.1, 0.15) is 6.61 Å². The zero-order valence-corrected chi connectivity index (χ0v) is 14.9. The third kappa shape index (κ3) is 11.1. The molecule has 0 saturated heterocycles. The first kappa shape index (κ1) is 22.5. The minimum Gasteiger partial charge on any atom is -0.488 e. The Morgan fingerprint density at radius 3 is 2.08 bits per heavy atom. The van der Waals surface area contributed by atoms with Gasteiger partial charge in [0.05, 0.1) is 23.3 Å². The van der Waals surface area contributed by atoms with Crippen molar-refractivity contribution in [1.82, 2.24) is 5.32 Å². The van der Waals surface area contributed by atoms with Gasteiger partial charge in [-0.05, 0) is 12.1 Å². The fourth-order valence-corrected chi connectivity index (χ4v) is 1.85. The zero-order valence-electron chi connectivity index (χ0n) is 13.4. The van der Waals surface area contributed by atoms with E-state index in [4.69, 9.17) is 52.5 Å². The van der Waals surface area contributed by atoms with Crippen molar-refractivity contribution >= 4 is 35.1 Å². The van der Waals surface area contributed by atoms with Crippen LogP contribution in [-0.4, -0.2) is 54.6 Å². The van der Waals surface area contributed by atoms with E-state index in [1.165, 1.54) is 0 Å². The minimum absolute atomic E-state index is 0.436. The Kier molecular flexibility index (Phi) is 12.0. The van der Waals surface area contributed by atoms with Crippen molar-refractivity contribution < 1.29 is 29.3 Å². The number of benzene rings is 1. The molecule has 1 aromatic rings. The molecule has 0 amide bonds. The summed E-state index contributed by atoms with van der Waals surface area (Å²) in [6, 6.07) is 5.75. The quantitative estimate of drug-likeness (QED) is 0.469. The molecule has 0 fully saturated rings. The fraction of sp³-hybridized carbons (Fsp3) is 0.467. The highest BCUT2D eigenvalue weighted by molar-refractivity contribution is 6.37. The summed E-state index contributed by atoms with van der Waals surface area (Å²) in [5.74, 6) is -3.13. The third-order valence-electron chi connectivity index (χ3n) is 2.37. The Morgan fingerprint density at radius 1 is 1.08 bits per heavy atom. The molecule has 0 aliphatic rings. The summed E-state index contributed by atoms with van der Waals surface area (Å²) < 4.78 is 10.9. The van der Waals surface area contributed by atoms with Gasteiger partial charge < -0.3 is 25.0 Å². The average Bonchev–Trinajstić information content (AvgIpc) is 2.49. The molecular formula is C15H21Cl2NO6. The summed E-state index contributed by atoms with van der Waals surface area (Å²) in [4.78, 5) is 18.2. The van der Waals surface area contributed by atoms with Crippen LogP contribution in [0.1, 0.15) is 13.8 Å². The van der Waals surface area contributed by atoms with Crippen LogP contribution in [0.5, 0.6) is 5.75 Å². The lowest BCUT2D eigenvalue weighted by atomic mass is 10.3. The Labute approximate surface area is 150 Å². The summed E-state index contributed by atoms with van der Waals surface area (Å²) in [6.45, 7) is 6.65. The van der Waals surface area contributed by atoms with Gasteiger partial charge in [-0.25, -0.2) is 9.59 Å². The molecule has 0 bridgehead atoms. The van der Waals surface area contributed by atoms with Crippen LogP contribution in [0.2, 0.25) is 10.0 Å². The molecule has 0 aromatic heterocycles. The smallest absolute Gasteiger partial charge is 0.414 e. The van der Waals surface area contributed by atoms with Crippen molar-refractivity contribution in [2.45, 2.75) is 19.9 Å². The number of aliphatic carboxylic acids is 2. The van der Waals surface area contributed by atoms with Gasteiger partial charge in [-0.15, -0.1) is 0 Å². The summed E-state index contributed by atoms with van der Waals surface area (Å²) >= 11 is 11.9. The normalized spacial score (nSPS) is 10.0. The summed E-state index contributed by atoms with van der Waals surface area (Å²) in [5, 5.41) is 19.1. The number of carboxylic acid groups (broad SMARTS) is 2. The lowest BCUT2D eigenvalue weighted by molar-refractivity contribution is -0.159. The fourth-order valence-electron chi connectivity index (χ4n) is 1.34. The molecule has 0 radical (unpaired) electrons. The van der Waals surface area contributed by atoms with Crippen LogP contribution < -0.4 is 10.1 Å². The molecule has 0 saturated carbocycles. The van der Waals surface area contributed by atoms with Crippen molar-refractivity contribution in [2.24, 2.45) is 0 Å². The van der Waals surface area contributed by atoms with E-state index in [-0.39, 0.29) is 0 Å². The number of nitrogens with one attached hydrogen (secondary N) is 1. The maximum absolute atomic E-state index is 9.10. The van der Waals surface area contributed by atoms with Gasteiger partial charge in [-0.1, -0.05) is 43.1 Å². The number of carbonyl (C=O) groups is 2. The molecule has 136 valence electrons. The Balaban J connectivity index is 0.000000754. The first-order valence-electron chi connectivity index (χ1n) is 7.09. The topological polar surface area (TPSA) is 105 Å². The third-order valence-corrected chi connectivity index (χ3v) is 2.97. The molecule has 0 atom stereocenters. The van der Waals surface area contributed by atoms with Crippen LogP contribution in [0.3, 0.4) is 0 Å². The molecule has 0 aliphatic carbocycles. The Bertz CT molecular complexity index is 492. The molecule has 1 aromatic carbocycles. The monoisotopic (exact) mass is 381 g/mol. The largest absolute Gasteiger partial charge is 0.488 e. The molecule has 0 spiro atoms. The molecule has 0 heterocycles. The van der Waals surface area contributed by atoms with Crippen molar-refractivity contribution in [1.29, 1.82) is 0 Å². The lowest BCUT2D eigenvalue weighted by Gasteiger charge is -2.11. The highest BCUT2D eigenvalue weighted by atomic mass is 35.5. The van der Waals surface area contributed by atoms with Crippen LogP contribution in [0.4, 0.5) is 0 Å². The molecule has 24 heavy (non-hydrogen) atoms. The highest BCUT2D eigenvalue weighted by Crippen LogP contribution is 2.32. The van der Waals surface area contributed by atoms with Crippen molar-refractivity contribution in [3.8, 4) is 5.75 Å². The van der Waals surface area contributed by atoms with E-state index in [0.717, 1.165) is 6.54 Å². The standard InChI is InChI=1S/C13H19Cl2NO2.C2H2O4/c1-10(2)16-6-7-17-8-9-18-13-11(14)4-3-5-12(13)15;3-1(4)2(5)6/h3-5,10,16H,6-9H2,1-2H3;(H,3,4)(H,5,6). The number of carboxylic acids is 2. The van der Waals surface area contributed by atoms with E-state index in [0.29, 0.717) is 41.7 Å². The molecule has 7 nitrogen and oxygen atoms in total.